The fourth-order valence-corrected chi connectivity index (χ4v) is 2.95. The van der Waals surface area contributed by atoms with Crippen LogP contribution < -0.4 is 5.73 Å². The lowest BCUT2D eigenvalue weighted by molar-refractivity contribution is 0.171. The van der Waals surface area contributed by atoms with Crippen LogP contribution in [0.15, 0.2) is 36.5 Å². The molecule has 1 aliphatic rings. The van der Waals surface area contributed by atoms with Crippen LogP contribution in [0.3, 0.4) is 0 Å². The van der Waals surface area contributed by atoms with Gasteiger partial charge in [-0.1, -0.05) is 18.2 Å². The minimum absolute atomic E-state index is 0.811. The van der Waals surface area contributed by atoms with Gasteiger partial charge in [-0.05, 0) is 56.9 Å². The third-order valence-corrected chi connectivity index (χ3v) is 4.19. The topological polar surface area (TPSA) is 60.0 Å². The molecule has 2 N–H and O–H groups in total. The quantitative estimate of drug-likeness (QED) is 0.910. The normalized spacial score (nSPS) is 17.2. The van der Waals surface area contributed by atoms with Gasteiger partial charge in [0.1, 0.15) is 0 Å². The molecule has 0 bridgehead atoms. The van der Waals surface area contributed by atoms with Gasteiger partial charge >= 0.3 is 0 Å². The van der Waals surface area contributed by atoms with Crippen LogP contribution in [0.2, 0.25) is 0 Å². The Labute approximate surface area is 125 Å². The van der Waals surface area contributed by atoms with E-state index < -0.39 is 0 Å². The van der Waals surface area contributed by atoms with E-state index in [-0.39, 0.29) is 0 Å². The molecule has 1 aromatic carbocycles. The zero-order valence-corrected chi connectivity index (χ0v) is 12.4. The molecular formula is C16H23N5. The highest BCUT2D eigenvalue weighted by Gasteiger charge is 2.19. The average Bonchev–Trinajstić information content (AvgIpc) is 2.99. The van der Waals surface area contributed by atoms with Gasteiger partial charge in [-0.25, -0.2) is 0 Å². The molecule has 0 saturated carbocycles. The van der Waals surface area contributed by atoms with Gasteiger partial charge in [0.25, 0.3) is 0 Å². The van der Waals surface area contributed by atoms with Crippen molar-refractivity contribution in [3.05, 3.63) is 42.2 Å². The lowest BCUT2D eigenvalue weighted by atomic mass is 9.93. The maximum absolute atomic E-state index is 5.64. The van der Waals surface area contributed by atoms with Crippen molar-refractivity contribution in [2.45, 2.75) is 25.8 Å². The minimum atomic E-state index is 0.811. The standard InChI is InChI=1S/C16H23N5/c17-9-6-14-7-10-20(11-8-14)13-15-12-18-21(19-15)16-4-2-1-3-5-16/h1-5,12,14H,6-11,13,17H2. The van der Waals surface area contributed by atoms with Crippen molar-refractivity contribution < 1.29 is 0 Å². The number of benzene rings is 1. The van der Waals surface area contributed by atoms with Gasteiger partial charge in [0.05, 0.1) is 17.6 Å². The van der Waals surface area contributed by atoms with E-state index in [0.717, 1.165) is 49.9 Å². The summed E-state index contributed by atoms with van der Waals surface area (Å²) in [5.74, 6) is 0.811. The highest BCUT2D eigenvalue weighted by molar-refractivity contribution is 5.28. The number of hydrogen-bond acceptors (Lipinski definition) is 4. The van der Waals surface area contributed by atoms with Crippen LogP contribution in [-0.4, -0.2) is 39.5 Å². The Morgan fingerprint density at radius 3 is 2.62 bits per heavy atom. The highest BCUT2D eigenvalue weighted by Crippen LogP contribution is 2.20. The van der Waals surface area contributed by atoms with Gasteiger partial charge in [0.2, 0.25) is 0 Å². The Balaban J connectivity index is 1.56. The Morgan fingerprint density at radius 1 is 1.14 bits per heavy atom. The summed E-state index contributed by atoms with van der Waals surface area (Å²) in [5.41, 5.74) is 7.68. The molecule has 21 heavy (non-hydrogen) atoms. The van der Waals surface area contributed by atoms with Gasteiger partial charge in [-0.15, -0.1) is 0 Å². The maximum atomic E-state index is 5.64. The van der Waals surface area contributed by atoms with Gasteiger partial charge in [0.15, 0.2) is 0 Å². The molecule has 0 atom stereocenters. The Bertz CT molecular complexity index is 543. The summed E-state index contributed by atoms with van der Waals surface area (Å²) in [6.45, 7) is 3.99. The number of likely N-dealkylation sites (tertiary alicyclic amines) is 1. The number of nitrogens with two attached hydrogens (primary N) is 1. The van der Waals surface area contributed by atoms with Crippen LogP contribution in [0.5, 0.6) is 0 Å². The molecule has 5 nitrogen and oxygen atoms in total. The molecule has 112 valence electrons. The summed E-state index contributed by atoms with van der Waals surface area (Å²) < 4.78 is 0. The number of para-hydroxylation sites is 1. The molecule has 0 spiro atoms. The van der Waals surface area contributed by atoms with Crippen LogP contribution >= 0.6 is 0 Å². The molecular weight excluding hydrogens is 262 g/mol. The number of hydrogen-bond donors (Lipinski definition) is 1. The lowest BCUT2D eigenvalue weighted by Gasteiger charge is -2.31. The van der Waals surface area contributed by atoms with E-state index in [2.05, 4.69) is 15.1 Å². The van der Waals surface area contributed by atoms with E-state index in [1.54, 1.807) is 4.80 Å². The van der Waals surface area contributed by atoms with E-state index in [1.165, 1.54) is 12.8 Å². The van der Waals surface area contributed by atoms with E-state index in [4.69, 9.17) is 5.73 Å². The van der Waals surface area contributed by atoms with Crippen molar-refractivity contribution in [1.29, 1.82) is 0 Å². The Hall–Kier alpha value is -1.72. The first-order valence-corrected chi connectivity index (χ1v) is 7.74. The van der Waals surface area contributed by atoms with Crippen LogP contribution in [0.25, 0.3) is 5.69 Å². The van der Waals surface area contributed by atoms with Crippen LogP contribution in [0.4, 0.5) is 0 Å². The predicted octanol–water partition coefficient (Wildman–Crippen LogP) is 1.83. The van der Waals surface area contributed by atoms with Crippen molar-refractivity contribution in [2.24, 2.45) is 11.7 Å². The lowest BCUT2D eigenvalue weighted by Crippen LogP contribution is -2.34. The summed E-state index contributed by atoms with van der Waals surface area (Å²) >= 11 is 0. The second-order valence-corrected chi connectivity index (χ2v) is 5.76. The summed E-state index contributed by atoms with van der Waals surface area (Å²) in [6, 6.07) is 10.0. The third kappa shape index (κ3) is 3.68. The van der Waals surface area contributed by atoms with E-state index in [1.807, 2.05) is 36.5 Å². The molecule has 0 aliphatic carbocycles. The van der Waals surface area contributed by atoms with E-state index in [9.17, 15) is 0 Å². The summed E-state index contributed by atoms with van der Waals surface area (Å²) in [5, 5.41) is 8.93. The number of piperidine rings is 1. The fourth-order valence-electron chi connectivity index (χ4n) is 2.95. The predicted molar refractivity (Wildman–Crippen MR) is 83.0 cm³/mol. The van der Waals surface area contributed by atoms with E-state index in [0.29, 0.717) is 0 Å². The van der Waals surface area contributed by atoms with Crippen LogP contribution in [0.1, 0.15) is 25.0 Å². The zero-order chi connectivity index (χ0) is 14.5. The SMILES string of the molecule is NCCC1CCN(Cc2cnn(-c3ccccc3)n2)CC1. The second-order valence-electron chi connectivity index (χ2n) is 5.76. The van der Waals surface area contributed by atoms with Crippen molar-refractivity contribution >= 4 is 0 Å². The molecule has 2 heterocycles. The average molecular weight is 285 g/mol. The Morgan fingerprint density at radius 2 is 1.90 bits per heavy atom. The molecule has 5 heteroatoms. The van der Waals surface area contributed by atoms with Crippen LogP contribution in [-0.2, 0) is 6.54 Å². The van der Waals surface area contributed by atoms with Crippen molar-refractivity contribution in [1.82, 2.24) is 19.9 Å². The van der Waals surface area contributed by atoms with Crippen molar-refractivity contribution in [3.8, 4) is 5.69 Å². The monoisotopic (exact) mass is 285 g/mol. The largest absolute Gasteiger partial charge is 0.330 e. The molecule has 0 radical (unpaired) electrons. The molecule has 0 amide bonds. The molecule has 1 aliphatic heterocycles. The van der Waals surface area contributed by atoms with Gasteiger partial charge in [0, 0.05) is 6.54 Å². The summed E-state index contributed by atoms with van der Waals surface area (Å²) in [4.78, 5) is 4.17. The van der Waals surface area contributed by atoms with Gasteiger partial charge in [-0.3, -0.25) is 4.90 Å². The molecule has 1 fully saturated rings. The highest BCUT2D eigenvalue weighted by atomic mass is 15.5. The molecule has 0 unspecified atom stereocenters. The molecule has 1 aromatic heterocycles. The van der Waals surface area contributed by atoms with Crippen molar-refractivity contribution in [2.75, 3.05) is 19.6 Å². The van der Waals surface area contributed by atoms with Crippen LogP contribution in [0, 0.1) is 5.92 Å². The molecule has 2 aromatic rings. The Kier molecular flexibility index (Phi) is 4.62. The molecule has 1 saturated heterocycles. The first-order chi connectivity index (χ1) is 10.3. The summed E-state index contributed by atoms with van der Waals surface area (Å²) in [6.07, 6.45) is 5.55. The van der Waals surface area contributed by atoms with Crippen molar-refractivity contribution in [3.63, 3.8) is 0 Å². The maximum Gasteiger partial charge on any atom is 0.0971 e. The number of rotatable bonds is 5. The third-order valence-electron chi connectivity index (χ3n) is 4.19. The van der Waals surface area contributed by atoms with Gasteiger partial charge < -0.3 is 5.73 Å². The second kappa shape index (κ2) is 6.83. The first-order valence-electron chi connectivity index (χ1n) is 7.74. The fraction of sp³-hybridized carbons (Fsp3) is 0.500. The van der Waals surface area contributed by atoms with Gasteiger partial charge in [-0.2, -0.15) is 15.0 Å². The smallest absolute Gasteiger partial charge is 0.0971 e. The number of nitrogens with zero attached hydrogens (tertiary/aromatic N) is 4. The number of aromatic nitrogens is 3. The first kappa shape index (κ1) is 14.2. The summed E-state index contributed by atoms with van der Waals surface area (Å²) in [7, 11) is 0. The van der Waals surface area contributed by atoms with E-state index >= 15 is 0 Å². The zero-order valence-electron chi connectivity index (χ0n) is 12.4. The minimum Gasteiger partial charge on any atom is -0.330 e. The molecule has 3 rings (SSSR count).